The molecule has 2 amide bonds. The van der Waals surface area contributed by atoms with Crippen LogP contribution in [0.5, 0.6) is 0 Å². The third-order valence-corrected chi connectivity index (χ3v) is 4.17. The molecule has 0 aromatic carbocycles. The van der Waals surface area contributed by atoms with Gasteiger partial charge in [0.25, 0.3) is 0 Å². The molecule has 22 heavy (non-hydrogen) atoms. The second-order valence-corrected chi connectivity index (χ2v) is 6.04. The summed E-state index contributed by atoms with van der Waals surface area (Å²) in [5, 5.41) is 0. The molecule has 0 saturated carbocycles. The van der Waals surface area contributed by atoms with Crippen LogP contribution < -0.4 is 0 Å². The lowest BCUT2D eigenvalue weighted by Crippen LogP contribution is -2.44. The smallest absolute Gasteiger partial charge is 0.384 e. The Labute approximate surface area is 127 Å². The summed E-state index contributed by atoms with van der Waals surface area (Å²) in [6.45, 7) is 0.303. The molecule has 0 spiro atoms. The first-order valence-electron chi connectivity index (χ1n) is 7.42. The molecule has 0 bridgehead atoms. The quantitative estimate of drug-likeness (QED) is 0.783. The number of nitrogens with zero attached hydrogens (tertiary/aromatic N) is 2. The van der Waals surface area contributed by atoms with E-state index in [4.69, 9.17) is 4.74 Å². The predicted molar refractivity (Wildman–Crippen MR) is 71.9 cm³/mol. The Morgan fingerprint density at radius 1 is 1.36 bits per heavy atom. The highest BCUT2D eigenvalue weighted by molar-refractivity contribution is 5.89. The minimum Gasteiger partial charge on any atom is -0.384 e. The minimum atomic E-state index is -4.43. The summed E-state index contributed by atoms with van der Waals surface area (Å²) in [5.41, 5.74) is 0. The number of hydrogen-bond acceptors (Lipinski definition) is 3. The molecule has 0 aromatic heterocycles. The predicted octanol–water partition coefficient (Wildman–Crippen LogP) is 1.28. The van der Waals surface area contributed by atoms with E-state index in [1.54, 1.807) is 12.0 Å². The number of carbonyl (C=O) groups excluding carboxylic acids is 2. The zero-order chi connectivity index (χ0) is 16.3. The van der Waals surface area contributed by atoms with Crippen molar-refractivity contribution in [3.63, 3.8) is 0 Å². The van der Waals surface area contributed by atoms with Crippen LogP contribution in [0.4, 0.5) is 13.2 Å². The van der Waals surface area contributed by atoms with Crippen LogP contribution >= 0.6 is 0 Å². The number of carbonyl (C=O) groups is 2. The molecule has 126 valence electrons. The van der Waals surface area contributed by atoms with E-state index in [-0.39, 0.29) is 24.8 Å². The third-order valence-electron chi connectivity index (χ3n) is 4.17. The number of methoxy groups -OCH3 is 1. The van der Waals surface area contributed by atoms with E-state index >= 15 is 0 Å². The molecule has 0 unspecified atom stereocenters. The van der Waals surface area contributed by atoms with E-state index in [9.17, 15) is 22.8 Å². The number of hydrogen-bond donors (Lipinski definition) is 0. The van der Waals surface area contributed by atoms with Crippen LogP contribution in [-0.4, -0.2) is 67.7 Å². The van der Waals surface area contributed by atoms with E-state index in [1.807, 2.05) is 0 Å². The van der Waals surface area contributed by atoms with Gasteiger partial charge in [-0.2, -0.15) is 13.2 Å². The number of amides is 2. The number of alkyl halides is 3. The summed E-state index contributed by atoms with van der Waals surface area (Å²) in [4.78, 5) is 26.5. The highest BCUT2D eigenvalue weighted by Crippen LogP contribution is 2.26. The van der Waals surface area contributed by atoms with Crippen LogP contribution in [-0.2, 0) is 14.3 Å². The van der Waals surface area contributed by atoms with Gasteiger partial charge in [-0.05, 0) is 18.8 Å². The van der Waals surface area contributed by atoms with Crippen molar-refractivity contribution >= 4 is 11.8 Å². The van der Waals surface area contributed by atoms with Crippen LogP contribution in [0.15, 0.2) is 0 Å². The summed E-state index contributed by atoms with van der Waals surface area (Å²) in [6, 6.07) is 0. The molecule has 2 aliphatic heterocycles. The van der Waals surface area contributed by atoms with Gasteiger partial charge >= 0.3 is 6.18 Å². The lowest BCUT2D eigenvalue weighted by atomic mass is 9.97. The normalized spacial score (nSPS) is 26.6. The van der Waals surface area contributed by atoms with Crippen molar-refractivity contribution in [1.29, 1.82) is 0 Å². The molecular weight excluding hydrogens is 301 g/mol. The molecule has 2 rings (SSSR count). The Morgan fingerprint density at radius 3 is 2.73 bits per heavy atom. The maximum atomic E-state index is 12.4. The zero-order valence-corrected chi connectivity index (χ0v) is 12.6. The number of likely N-dealkylation sites (tertiary alicyclic amines) is 2. The van der Waals surface area contributed by atoms with Crippen LogP contribution in [0, 0.1) is 11.8 Å². The number of halogens is 3. The average Bonchev–Trinajstić information content (AvgIpc) is 2.78. The molecule has 2 aliphatic rings. The lowest BCUT2D eigenvalue weighted by molar-refractivity contribution is -0.157. The van der Waals surface area contributed by atoms with Crippen LogP contribution in [0.25, 0.3) is 0 Å². The molecular formula is C14H21F3N2O3. The fourth-order valence-electron chi connectivity index (χ4n) is 3.20. The van der Waals surface area contributed by atoms with Gasteiger partial charge in [-0.25, -0.2) is 0 Å². The van der Waals surface area contributed by atoms with Gasteiger partial charge in [-0.1, -0.05) is 0 Å². The molecule has 5 nitrogen and oxygen atoms in total. The summed E-state index contributed by atoms with van der Waals surface area (Å²) in [5.74, 6) is -1.21. The second-order valence-electron chi connectivity index (χ2n) is 6.04. The monoisotopic (exact) mass is 322 g/mol. The summed E-state index contributed by atoms with van der Waals surface area (Å²) < 4.78 is 42.3. The highest BCUT2D eigenvalue weighted by atomic mass is 19.4. The van der Waals surface area contributed by atoms with E-state index < -0.39 is 24.5 Å². The fraction of sp³-hybridized carbons (Fsp3) is 0.857. The SMILES string of the molecule is COC[C@H]1CCCN(C(=O)[C@@H]2CC(=O)N(CC(F)(F)F)C2)C1. The van der Waals surface area contributed by atoms with Gasteiger partial charge in [0.2, 0.25) is 11.8 Å². The van der Waals surface area contributed by atoms with Crippen LogP contribution in [0.1, 0.15) is 19.3 Å². The minimum absolute atomic E-state index is 0.125. The molecule has 2 heterocycles. The molecule has 0 radical (unpaired) electrons. The molecule has 0 N–H and O–H groups in total. The van der Waals surface area contributed by atoms with E-state index in [0.717, 1.165) is 17.7 Å². The van der Waals surface area contributed by atoms with Gasteiger partial charge in [0.15, 0.2) is 0 Å². The maximum Gasteiger partial charge on any atom is 0.406 e. The summed E-state index contributed by atoms with van der Waals surface area (Å²) in [6.07, 6.45) is -2.73. The van der Waals surface area contributed by atoms with Crippen LogP contribution in [0.3, 0.4) is 0 Å². The number of piperidine rings is 1. The Balaban J connectivity index is 1.92. The molecule has 2 fully saturated rings. The standard InChI is InChI=1S/C14H21F3N2O3/c1-22-8-10-3-2-4-18(6-10)13(21)11-5-12(20)19(7-11)9-14(15,16)17/h10-11H,2-9H2,1H3/t10-,11+/m0/s1. The van der Waals surface area contributed by atoms with Crippen LogP contribution in [0.2, 0.25) is 0 Å². The maximum absolute atomic E-state index is 12.4. The van der Waals surface area contributed by atoms with Gasteiger partial charge in [0.1, 0.15) is 6.54 Å². The van der Waals surface area contributed by atoms with Gasteiger partial charge in [0.05, 0.1) is 12.5 Å². The van der Waals surface area contributed by atoms with Gasteiger partial charge < -0.3 is 14.5 Å². The highest BCUT2D eigenvalue weighted by Gasteiger charge is 2.42. The van der Waals surface area contributed by atoms with Crippen molar-refractivity contribution < 1.29 is 27.5 Å². The topological polar surface area (TPSA) is 49.9 Å². The fourth-order valence-corrected chi connectivity index (χ4v) is 3.20. The van der Waals surface area contributed by atoms with E-state index in [0.29, 0.717) is 19.7 Å². The Morgan fingerprint density at radius 2 is 2.09 bits per heavy atom. The van der Waals surface area contributed by atoms with Gasteiger partial charge in [-0.3, -0.25) is 9.59 Å². The molecule has 0 aromatic rings. The second kappa shape index (κ2) is 6.85. The zero-order valence-electron chi connectivity index (χ0n) is 12.6. The molecule has 8 heteroatoms. The Hall–Kier alpha value is -1.31. The third kappa shape index (κ3) is 4.34. The largest absolute Gasteiger partial charge is 0.406 e. The summed E-state index contributed by atoms with van der Waals surface area (Å²) >= 11 is 0. The lowest BCUT2D eigenvalue weighted by Gasteiger charge is -2.34. The Kier molecular flexibility index (Phi) is 5.31. The van der Waals surface area contributed by atoms with E-state index in [2.05, 4.69) is 0 Å². The first kappa shape index (κ1) is 17.1. The van der Waals surface area contributed by atoms with Gasteiger partial charge in [0, 0.05) is 33.2 Å². The van der Waals surface area contributed by atoms with Crippen molar-refractivity contribution in [1.82, 2.24) is 9.80 Å². The van der Waals surface area contributed by atoms with Gasteiger partial charge in [-0.15, -0.1) is 0 Å². The Bertz CT molecular complexity index is 426. The number of ether oxygens (including phenoxy) is 1. The van der Waals surface area contributed by atoms with Crippen molar-refractivity contribution in [3.05, 3.63) is 0 Å². The van der Waals surface area contributed by atoms with Crippen molar-refractivity contribution in [2.75, 3.05) is 39.9 Å². The van der Waals surface area contributed by atoms with Crippen molar-refractivity contribution in [3.8, 4) is 0 Å². The number of rotatable bonds is 4. The molecule has 0 aliphatic carbocycles. The molecule has 2 saturated heterocycles. The summed E-state index contributed by atoms with van der Waals surface area (Å²) in [7, 11) is 1.60. The average molecular weight is 322 g/mol. The van der Waals surface area contributed by atoms with Crippen molar-refractivity contribution in [2.24, 2.45) is 11.8 Å². The molecule has 2 atom stereocenters. The van der Waals surface area contributed by atoms with Crippen molar-refractivity contribution in [2.45, 2.75) is 25.4 Å². The first-order valence-corrected chi connectivity index (χ1v) is 7.42. The first-order chi connectivity index (χ1) is 10.3. The van der Waals surface area contributed by atoms with E-state index in [1.165, 1.54) is 0 Å².